The van der Waals surface area contributed by atoms with Crippen LogP contribution in [0.25, 0.3) is 0 Å². The average molecular weight is 401 g/mol. The number of benzene rings is 1. The maximum absolute atomic E-state index is 13.2. The molecule has 5 atom stereocenters. The Kier molecular flexibility index (Phi) is 5.50. The first-order chi connectivity index (χ1) is 13.5. The van der Waals surface area contributed by atoms with Crippen molar-refractivity contribution in [2.75, 3.05) is 12.0 Å². The molecule has 2 fully saturated rings. The van der Waals surface area contributed by atoms with Gasteiger partial charge >= 0.3 is 0 Å². The van der Waals surface area contributed by atoms with Crippen LogP contribution in [0.3, 0.4) is 0 Å². The van der Waals surface area contributed by atoms with Crippen molar-refractivity contribution in [2.45, 2.75) is 51.1 Å². The van der Waals surface area contributed by atoms with Crippen molar-refractivity contribution in [1.82, 2.24) is 10.2 Å². The van der Waals surface area contributed by atoms with Crippen molar-refractivity contribution in [1.29, 1.82) is 0 Å². The standard InChI is InChI=1S/C22H28N2O3S/c1-13(18-12-14-7-8-15(18)11-14)23-20(25)19(9-10-28-2)24-21(26)16-5-3-4-6-17(16)22(24)27/h3-6,13-15,18-19H,7-12H2,1-2H3,(H,23,25)/t13-,14+,15+,18+,19-/m1/s1. The second kappa shape index (κ2) is 7.90. The van der Waals surface area contributed by atoms with E-state index in [0.717, 1.165) is 5.92 Å². The molecule has 150 valence electrons. The number of thioether (sulfide) groups is 1. The van der Waals surface area contributed by atoms with E-state index in [1.165, 1.54) is 30.6 Å². The predicted octanol–water partition coefficient (Wildman–Crippen LogP) is 3.35. The number of hydrogen-bond donors (Lipinski definition) is 1. The normalized spacial score (nSPS) is 27.8. The zero-order valence-electron chi connectivity index (χ0n) is 16.5. The van der Waals surface area contributed by atoms with E-state index >= 15 is 0 Å². The van der Waals surface area contributed by atoms with E-state index in [2.05, 4.69) is 12.2 Å². The third kappa shape index (κ3) is 3.36. The highest BCUT2D eigenvalue weighted by Crippen LogP contribution is 2.49. The molecule has 3 amide bonds. The van der Waals surface area contributed by atoms with E-state index in [1.54, 1.807) is 36.0 Å². The summed E-state index contributed by atoms with van der Waals surface area (Å²) >= 11 is 1.62. The molecule has 1 aliphatic heterocycles. The van der Waals surface area contributed by atoms with Crippen LogP contribution in [0.5, 0.6) is 0 Å². The molecule has 1 aromatic carbocycles. The molecule has 5 nitrogen and oxygen atoms in total. The van der Waals surface area contributed by atoms with Gasteiger partial charge in [0.15, 0.2) is 0 Å². The molecule has 0 unspecified atom stereocenters. The SMILES string of the molecule is CSCC[C@H](C(=O)N[C@H](C)[C@@H]1C[C@H]2CC[C@H]1C2)N1C(=O)c2ccccc2C1=O. The van der Waals surface area contributed by atoms with Gasteiger partial charge < -0.3 is 5.32 Å². The van der Waals surface area contributed by atoms with E-state index < -0.39 is 6.04 Å². The highest BCUT2D eigenvalue weighted by atomic mass is 32.2. The summed E-state index contributed by atoms with van der Waals surface area (Å²) in [7, 11) is 0. The van der Waals surface area contributed by atoms with Gasteiger partial charge in [0.2, 0.25) is 5.91 Å². The van der Waals surface area contributed by atoms with Gasteiger partial charge in [-0.15, -0.1) is 0 Å². The van der Waals surface area contributed by atoms with E-state index in [9.17, 15) is 14.4 Å². The van der Waals surface area contributed by atoms with Crippen molar-refractivity contribution in [3.63, 3.8) is 0 Å². The second-order valence-corrected chi connectivity index (χ2v) is 9.44. The van der Waals surface area contributed by atoms with Crippen molar-refractivity contribution in [3.8, 4) is 0 Å². The molecule has 0 spiro atoms. The maximum atomic E-state index is 13.2. The molecular formula is C22H28N2O3S. The number of carbonyl (C=O) groups excluding carboxylic acids is 3. The quantitative estimate of drug-likeness (QED) is 0.713. The Bertz CT molecular complexity index is 761. The van der Waals surface area contributed by atoms with Crippen LogP contribution in [0.1, 0.15) is 59.7 Å². The first-order valence-corrected chi connectivity index (χ1v) is 11.7. The van der Waals surface area contributed by atoms with E-state index in [-0.39, 0.29) is 23.8 Å². The van der Waals surface area contributed by atoms with E-state index in [1.807, 2.05) is 6.26 Å². The molecule has 0 saturated heterocycles. The van der Waals surface area contributed by atoms with Gasteiger partial charge in [-0.3, -0.25) is 19.3 Å². The van der Waals surface area contributed by atoms with Crippen LogP contribution in [0.2, 0.25) is 0 Å². The Morgan fingerprint density at radius 2 is 1.86 bits per heavy atom. The molecule has 1 heterocycles. The fourth-order valence-corrected chi connectivity index (χ4v) is 5.89. The smallest absolute Gasteiger partial charge is 0.262 e. The Morgan fingerprint density at radius 3 is 2.39 bits per heavy atom. The van der Waals surface area contributed by atoms with Gasteiger partial charge in [0, 0.05) is 6.04 Å². The Labute approximate surface area is 170 Å². The number of rotatable bonds is 7. The summed E-state index contributed by atoms with van der Waals surface area (Å²) in [5, 5.41) is 3.17. The Hall–Kier alpha value is -1.82. The number of nitrogens with one attached hydrogen (secondary N) is 1. The first-order valence-electron chi connectivity index (χ1n) is 10.3. The molecule has 0 aromatic heterocycles. The molecule has 6 heteroatoms. The van der Waals surface area contributed by atoms with Crippen molar-refractivity contribution >= 4 is 29.5 Å². The van der Waals surface area contributed by atoms with Crippen LogP contribution < -0.4 is 5.32 Å². The minimum absolute atomic E-state index is 0.0785. The van der Waals surface area contributed by atoms with Gasteiger partial charge in [-0.2, -0.15) is 11.8 Å². The number of carbonyl (C=O) groups is 3. The third-order valence-corrected chi connectivity index (χ3v) is 7.48. The maximum Gasteiger partial charge on any atom is 0.262 e. The molecule has 2 aliphatic carbocycles. The van der Waals surface area contributed by atoms with Gasteiger partial charge in [-0.05, 0) is 74.5 Å². The van der Waals surface area contributed by atoms with Crippen LogP contribution in [-0.4, -0.2) is 46.7 Å². The molecule has 1 N–H and O–H groups in total. The van der Waals surface area contributed by atoms with Crippen LogP contribution in [-0.2, 0) is 4.79 Å². The second-order valence-electron chi connectivity index (χ2n) is 8.46. The van der Waals surface area contributed by atoms with E-state index in [4.69, 9.17) is 0 Å². The lowest BCUT2D eigenvalue weighted by Crippen LogP contribution is -2.53. The summed E-state index contributed by atoms with van der Waals surface area (Å²) in [4.78, 5) is 40.1. The lowest BCUT2D eigenvalue weighted by Gasteiger charge is -2.31. The summed E-state index contributed by atoms with van der Waals surface area (Å²) in [6, 6.07) is 6.16. The van der Waals surface area contributed by atoms with Crippen LogP contribution in [0, 0.1) is 17.8 Å². The van der Waals surface area contributed by atoms with Crippen LogP contribution in [0.4, 0.5) is 0 Å². The topological polar surface area (TPSA) is 66.5 Å². The fourth-order valence-electron chi connectivity index (χ4n) is 5.43. The van der Waals surface area contributed by atoms with Gasteiger partial charge in [0.25, 0.3) is 11.8 Å². The van der Waals surface area contributed by atoms with Crippen LogP contribution >= 0.6 is 11.8 Å². The van der Waals surface area contributed by atoms with Crippen LogP contribution in [0.15, 0.2) is 24.3 Å². The molecule has 2 saturated carbocycles. The molecule has 0 radical (unpaired) electrons. The predicted molar refractivity (Wildman–Crippen MR) is 110 cm³/mol. The van der Waals surface area contributed by atoms with Gasteiger partial charge in [0.05, 0.1) is 11.1 Å². The van der Waals surface area contributed by atoms with Crippen molar-refractivity contribution in [3.05, 3.63) is 35.4 Å². The van der Waals surface area contributed by atoms with Crippen molar-refractivity contribution < 1.29 is 14.4 Å². The highest BCUT2D eigenvalue weighted by molar-refractivity contribution is 7.98. The summed E-state index contributed by atoms with van der Waals surface area (Å²) in [5.74, 6) is 1.87. The van der Waals surface area contributed by atoms with Gasteiger partial charge in [-0.1, -0.05) is 18.6 Å². The first kappa shape index (κ1) is 19.5. The Morgan fingerprint density at radius 1 is 1.18 bits per heavy atom. The molecule has 1 aromatic rings. The number of amides is 3. The monoisotopic (exact) mass is 400 g/mol. The third-order valence-electron chi connectivity index (χ3n) is 6.84. The summed E-state index contributed by atoms with van der Waals surface area (Å²) in [5.41, 5.74) is 0.797. The summed E-state index contributed by atoms with van der Waals surface area (Å²) in [6.07, 6.45) is 7.52. The zero-order chi connectivity index (χ0) is 19.8. The summed E-state index contributed by atoms with van der Waals surface area (Å²) < 4.78 is 0. The molecular weight excluding hydrogens is 372 g/mol. The minimum atomic E-state index is -0.749. The lowest BCUT2D eigenvalue weighted by molar-refractivity contribution is -0.126. The largest absolute Gasteiger partial charge is 0.352 e. The number of hydrogen-bond acceptors (Lipinski definition) is 4. The van der Waals surface area contributed by atoms with Gasteiger partial charge in [0.1, 0.15) is 6.04 Å². The highest BCUT2D eigenvalue weighted by Gasteiger charge is 2.45. The fraction of sp³-hybridized carbons (Fsp3) is 0.591. The molecule has 28 heavy (non-hydrogen) atoms. The van der Waals surface area contributed by atoms with Gasteiger partial charge in [-0.25, -0.2) is 0 Å². The molecule has 2 bridgehead atoms. The summed E-state index contributed by atoms with van der Waals surface area (Å²) in [6.45, 7) is 2.08. The zero-order valence-corrected chi connectivity index (χ0v) is 17.3. The van der Waals surface area contributed by atoms with Crippen molar-refractivity contribution in [2.24, 2.45) is 17.8 Å². The lowest BCUT2D eigenvalue weighted by atomic mass is 9.84. The molecule has 3 aliphatic rings. The average Bonchev–Trinajstić information content (AvgIpc) is 3.39. The molecule has 4 rings (SSSR count). The number of fused-ring (bicyclic) bond motifs is 3. The van der Waals surface area contributed by atoms with E-state index in [0.29, 0.717) is 35.1 Å². The number of imide groups is 1. The number of nitrogens with zero attached hydrogens (tertiary/aromatic N) is 1. The minimum Gasteiger partial charge on any atom is -0.352 e. The Balaban J connectivity index is 1.50.